The van der Waals surface area contributed by atoms with Gasteiger partial charge in [-0.05, 0) is 44.9 Å². The van der Waals surface area contributed by atoms with Gasteiger partial charge in [-0.3, -0.25) is 0 Å². The van der Waals surface area contributed by atoms with E-state index in [2.05, 4.69) is 6.07 Å². The number of aliphatic hydroxyl groups is 1. The Bertz CT molecular complexity index is 767. The molecule has 1 fully saturated rings. The molecule has 0 bridgehead atoms. The molecule has 124 valence electrons. The molecule has 23 heavy (non-hydrogen) atoms. The van der Waals surface area contributed by atoms with Crippen LogP contribution in [0.3, 0.4) is 0 Å². The molecule has 0 radical (unpaired) electrons. The van der Waals surface area contributed by atoms with Crippen LogP contribution in [0.2, 0.25) is 0 Å². The molecule has 6 nitrogen and oxygen atoms in total. The van der Waals surface area contributed by atoms with E-state index in [4.69, 9.17) is 10.00 Å². The highest BCUT2D eigenvalue weighted by Crippen LogP contribution is 2.44. The van der Waals surface area contributed by atoms with Gasteiger partial charge in [0.25, 0.3) is 0 Å². The summed E-state index contributed by atoms with van der Waals surface area (Å²) >= 11 is 0. The minimum Gasteiger partial charge on any atom is -0.485 e. The molecule has 1 saturated heterocycles. The Labute approximate surface area is 136 Å². The highest BCUT2D eigenvalue weighted by molar-refractivity contribution is 7.89. The highest BCUT2D eigenvalue weighted by Gasteiger charge is 2.48. The minimum atomic E-state index is -3.43. The van der Waals surface area contributed by atoms with Crippen LogP contribution in [0.4, 0.5) is 0 Å². The first-order chi connectivity index (χ1) is 10.8. The van der Waals surface area contributed by atoms with Gasteiger partial charge >= 0.3 is 0 Å². The smallest absolute Gasteiger partial charge is 0.214 e. The zero-order valence-corrected chi connectivity index (χ0v) is 14.0. The van der Waals surface area contributed by atoms with Gasteiger partial charge in [0.15, 0.2) is 0 Å². The number of aliphatic hydroxyl groups excluding tert-OH is 1. The van der Waals surface area contributed by atoms with Crippen LogP contribution in [0, 0.1) is 11.3 Å². The second-order valence-electron chi connectivity index (χ2n) is 6.59. The number of hydrogen-bond acceptors (Lipinski definition) is 5. The molecule has 3 rings (SSSR count). The van der Waals surface area contributed by atoms with Crippen LogP contribution in [-0.4, -0.2) is 41.8 Å². The lowest BCUT2D eigenvalue weighted by Crippen LogP contribution is -2.55. The van der Waals surface area contributed by atoms with Gasteiger partial charge in [-0.15, -0.1) is 0 Å². The monoisotopic (exact) mass is 336 g/mol. The molecule has 0 spiro atoms. The van der Waals surface area contributed by atoms with Crippen molar-refractivity contribution in [3.8, 4) is 11.8 Å². The van der Waals surface area contributed by atoms with Crippen LogP contribution in [0.5, 0.6) is 5.75 Å². The van der Waals surface area contributed by atoms with Crippen molar-refractivity contribution >= 4 is 10.0 Å². The van der Waals surface area contributed by atoms with Crippen LogP contribution in [0.15, 0.2) is 18.2 Å². The first-order valence-electron chi connectivity index (χ1n) is 7.67. The number of sulfonamides is 1. The molecule has 2 aliphatic heterocycles. The zero-order valence-electron chi connectivity index (χ0n) is 13.2. The van der Waals surface area contributed by atoms with E-state index in [0.717, 1.165) is 6.42 Å². The van der Waals surface area contributed by atoms with Crippen molar-refractivity contribution in [3.05, 3.63) is 29.3 Å². The van der Waals surface area contributed by atoms with Crippen molar-refractivity contribution in [1.29, 1.82) is 5.26 Å². The third kappa shape index (κ3) is 2.71. The highest BCUT2D eigenvalue weighted by atomic mass is 32.2. The number of nitriles is 1. The predicted molar refractivity (Wildman–Crippen MR) is 84.3 cm³/mol. The summed E-state index contributed by atoms with van der Waals surface area (Å²) in [6.45, 7) is 3.85. The number of nitrogens with zero attached hydrogens (tertiary/aromatic N) is 2. The van der Waals surface area contributed by atoms with Crippen LogP contribution < -0.4 is 4.74 Å². The molecule has 1 unspecified atom stereocenters. The molecule has 0 saturated carbocycles. The number of hydrogen-bond donors (Lipinski definition) is 1. The fourth-order valence-corrected chi connectivity index (χ4v) is 5.05. The summed E-state index contributed by atoms with van der Waals surface area (Å²) < 4.78 is 32.2. The molecule has 2 aliphatic rings. The first kappa shape index (κ1) is 16.2. The van der Waals surface area contributed by atoms with Crippen LogP contribution in [-0.2, 0) is 10.0 Å². The van der Waals surface area contributed by atoms with E-state index in [1.165, 1.54) is 4.31 Å². The Balaban J connectivity index is 2.16. The maximum Gasteiger partial charge on any atom is 0.214 e. The van der Waals surface area contributed by atoms with Gasteiger partial charge in [-0.2, -0.15) is 9.57 Å². The average Bonchev–Trinajstić information content (AvgIpc) is 2.49. The molecule has 2 heterocycles. The van der Waals surface area contributed by atoms with Crippen molar-refractivity contribution in [2.45, 2.75) is 44.4 Å². The lowest BCUT2D eigenvalue weighted by molar-refractivity contribution is -0.0797. The van der Waals surface area contributed by atoms with Gasteiger partial charge in [0.2, 0.25) is 10.0 Å². The Kier molecular flexibility index (Phi) is 3.87. The molecule has 7 heteroatoms. The summed E-state index contributed by atoms with van der Waals surface area (Å²) in [5, 5.41) is 19.9. The van der Waals surface area contributed by atoms with Gasteiger partial charge in [0.05, 0.1) is 23.4 Å². The summed E-state index contributed by atoms with van der Waals surface area (Å²) in [7, 11) is -3.43. The van der Waals surface area contributed by atoms with Crippen LogP contribution in [0.25, 0.3) is 0 Å². The standard InChI is InChI=1S/C16H20N2O4S/c1-16(2)15(19)14(18-7-3-4-8-23(18,20)21)12-9-11(10-17)5-6-13(12)22-16/h5-6,9,14-15,19H,3-4,7-8H2,1-2H3/t14?,15-/m0/s1. The predicted octanol–water partition coefficient (Wildman–Crippen LogP) is 1.56. The van der Waals surface area contributed by atoms with Crippen molar-refractivity contribution in [2.75, 3.05) is 12.3 Å². The third-order valence-electron chi connectivity index (χ3n) is 4.54. The largest absolute Gasteiger partial charge is 0.485 e. The summed E-state index contributed by atoms with van der Waals surface area (Å²) in [5.74, 6) is 0.607. The normalized spacial score (nSPS) is 29.1. The number of benzene rings is 1. The van der Waals surface area contributed by atoms with E-state index in [-0.39, 0.29) is 5.75 Å². The molecular weight excluding hydrogens is 316 g/mol. The van der Waals surface area contributed by atoms with Gasteiger partial charge < -0.3 is 9.84 Å². The third-order valence-corrected chi connectivity index (χ3v) is 6.47. The molecule has 2 atom stereocenters. The van der Waals surface area contributed by atoms with Gasteiger partial charge in [0, 0.05) is 12.1 Å². The SMILES string of the molecule is CC1(C)Oc2ccc(C#N)cc2C(N2CCCCS2(=O)=O)[C@@H]1O. The van der Waals surface area contributed by atoms with E-state index in [1.807, 2.05) is 0 Å². The molecule has 0 aliphatic carbocycles. The summed E-state index contributed by atoms with van der Waals surface area (Å²) in [4.78, 5) is 0. The van der Waals surface area contributed by atoms with Gasteiger partial charge in [-0.25, -0.2) is 8.42 Å². The second kappa shape index (κ2) is 5.48. The molecule has 1 aromatic carbocycles. The topological polar surface area (TPSA) is 90.6 Å². The molecular formula is C16H20N2O4S. The maximum atomic E-state index is 12.5. The maximum absolute atomic E-state index is 12.5. The second-order valence-corrected chi connectivity index (χ2v) is 8.63. The Hall–Kier alpha value is -1.62. The molecule has 1 N–H and O–H groups in total. The zero-order chi connectivity index (χ0) is 16.8. The minimum absolute atomic E-state index is 0.0881. The van der Waals surface area contributed by atoms with Gasteiger partial charge in [-0.1, -0.05) is 0 Å². The Morgan fingerprint density at radius 2 is 2.13 bits per heavy atom. The quantitative estimate of drug-likeness (QED) is 0.840. The Morgan fingerprint density at radius 3 is 2.78 bits per heavy atom. The lowest BCUT2D eigenvalue weighted by Gasteiger charge is -2.46. The summed E-state index contributed by atoms with van der Waals surface area (Å²) in [6.07, 6.45) is 0.376. The van der Waals surface area contributed by atoms with Crippen molar-refractivity contribution in [3.63, 3.8) is 0 Å². The average molecular weight is 336 g/mol. The Morgan fingerprint density at radius 1 is 1.39 bits per heavy atom. The van der Waals surface area contributed by atoms with E-state index >= 15 is 0 Å². The molecule has 0 amide bonds. The van der Waals surface area contributed by atoms with E-state index in [1.54, 1.807) is 32.0 Å². The van der Waals surface area contributed by atoms with Crippen molar-refractivity contribution in [2.24, 2.45) is 0 Å². The first-order valence-corrected chi connectivity index (χ1v) is 9.28. The molecule has 1 aromatic rings. The van der Waals surface area contributed by atoms with Crippen molar-refractivity contribution in [1.82, 2.24) is 4.31 Å². The number of ether oxygens (including phenoxy) is 1. The van der Waals surface area contributed by atoms with Crippen molar-refractivity contribution < 1.29 is 18.3 Å². The summed E-state index contributed by atoms with van der Waals surface area (Å²) in [5.41, 5.74) is 0.0544. The van der Waals surface area contributed by atoms with Crippen LogP contribution >= 0.6 is 0 Å². The fraction of sp³-hybridized carbons (Fsp3) is 0.562. The number of fused-ring (bicyclic) bond motifs is 1. The lowest BCUT2D eigenvalue weighted by atomic mass is 9.86. The van der Waals surface area contributed by atoms with Crippen LogP contribution in [0.1, 0.15) is 43.9 Å². The number of rotatable bonds is 1. The van der Waals surface area contributed by atoms with E-state index in [0.29, 0.717) is 29.8 Å². The molecule has 0 aromatic heterocycles. The summed E-state index contributed by atoms with van der Waals surface area (Å²) in [6, 6.07) is 6.24. The van der Waals surface area contributed by atoms with E-state index in [9.17, 15) is 13.5 Å². The van der Waals surface area contributed by atoms with Gasteiger partial charge in [0.1, 0.15) is 17.5 Å². The van der Waals surface area contributed by atoms with E-state index < -0.39 is 27.8 Å². The fourth-order valence-electron chi connectivity index (χ4n) is 3.27.